The Labute approximate surface area is 61.6 Å². The number of nitrogens with zero attached hydrogens (tertiary/aromatic N) is 1. The lowest BCUT2D eigenvalue weighted by atomic mass is 10.5. The van der Waals surface area contributed by atoms with Gasteiger partial charge in [-0.05, 0) is 18.8 Å². The van der Waals surface area contributed by atoms with Gasteiger partial charge in [0.05, 0.1) is 6.61 Å². The molecule has 1 saturated carbocycles. The molecule has 0 atom stereocenters. The molecular formula is C8H13NO. The van der Waals surface area contributed by atoms with Gasteiger partial charge in [0, 0.05) is 13.1 Å². The standard InChI is InChI=1S/C8H13NO/c1-3-9-7(2)10-6-8-4-5-8/h3,8H,1,4-6H2,2H3/b9-7+. The summed E-state index contributed by atoms with van der Waals surface area (Å²) in [5.74, 6) is 1.52. The fourth-order valence-electron chi connectivity index (χ4n) is 0.689. The third kappa shape index (κ3) is 2.67. The van der Waals surface area contributed by atoms with E-state index < -0.39 is 0 Å². The summed E-state index contributed by atoms with van der Waals surface area (Å²) < 4.78 is 5.29. The van der Waals surface area contributed by atoms with E-state index in [2.05, 4.69) is 11.6 Å². The second-order valence-corrected chi connectivity index (χ2v) is 2.59. The van der Waals surface area contributed by atoms with Crippen LogP contribution < -0.4 is 0 Å². The van der Waals surface area contributed by atoms with Crippen LogP contribution in [0.5, 0.6) is 0 Å². The molecular weight excluding hydrogens is 126 g/mol. The van der Waals surface area contributed by atoms with Crippen LogP contribution in [-0.2, 0) is 4.74 Å². The van der Waals surface area contributed by atoms with Crippen molar-refractivity contribution < 1.29 is 4.74 Å². The van der Waals surface area contributed by atoms with Crippen LogP contribution in [0.1, 0.15) is 19.8 Å². The van der Waals surface area contributed by atoms with Gasteiger partial charge in [0.25, 0.3) is 0 Å². The van der Waals surface area contributed by atoms with Crippen LogP contribution in [0, 0.1) is 5.92 Å². The average Bonchev–Trinajstić information content (AvgIpc) is 2.67. The van der Waals surface area contributed by atoms with Gasteiger partial charge in [-0.25, -0.2) is 4.99 Å². The van der Waals surface area contributed by atoms with Gasteiger partial charge in [-0.3, -0.25) is 0 Å². The molecule has 0 unspecified atom stereocenters. The molecule has 0 bridgehead atoms. The van der Waals surface area contributed by atoms with Crippen molar-refractivity contribution in [3.05, 3.63) is 12.8 Å². The molecule has 0 radical (unpaired) electrons. The van der Waals surface area contributed by atoms with Crippen molar-refractivity contribution >= 4 is 5.90 Å². The van der Waals surface area contributed by atoms with Crippen molar-refractivity contribution in [2.24, 2.45) is 10.9 Å². The SMILES string of the molecule is C=C/N=C(\C)OCC1CC1. The summed E-state index contributed by atoms with van der Waals surface area (Å²) in [6.45, 7) is 6.16. The smallest absolute Gasteiger partial charge is 0.184 e. The Balaban J connectivity index is 2.10. The molecule has 0 aromatic rings. The Morgan fingerprint density at radius 1 is 1.80 bits per heavy atom. The normalized spacial score (nSPS) is 18.7. The lowest BCUT2D eigenvalue weighted by Gasteiger charge is -2.00. The molecule has 56 valence electrons. The topological polar surface area (TPSA) is 21.6 Å². The summed E-state index contributed by atoms with van der Waals surface area (Å²) >= 11 is 0. The summed E-state index contributed by atoms with van der Waals surface area (Å²) in [5, 5.41) is 0. The predicted octanol–water partition coefficient (Wildman–Crippen LogP) is 1.97. The summed E-state index contributed by atoms with van der Waals surface area (Å²) in [6, 6.07) is 0. The molecule has 0 saturated heterocycles. The maximum Gasteiger partial charge on any atom is 0.184 e. The third-order valence-electron chi connectivity index (χ3n) is 1.50. The van der Waals surface area contributed by atoms with E-state index in [0.717, 1.165) is 18.4 Å². The van der Waals surface area contributed by atoms with Crippen molar-refractivity contribution in [1.82, 2.24) is 0 Å². The highest BCUT2D eigenvalue weighted by molar-refractivity contribution is 5.73. The molecule has 2 nitrogen and oxygen atoms in total. The Bertz CT molecular complexity index is 147. The van der Waals surface area contributed by atoms with Gasteiger partial charge in [0.15, 0.2) is 5.90 Å². The van der Waals surface area contributed by atoms with Crippen LogP contribution in [0.4, 0.5) is 0 Å². The van der Waals surface area contributed by atoms with Crippen molar-refractivity contribution in [2.75, 3.05) is 6.61 Å². The molecule has 1 aliphatic rings. The summed E-state index contributed by atoms with van der Waals surface area (Å²) in [5.41, 5.74) is 0. The molecule has 10 heavy (non-hydrogen) atoms. The van der Waals surface area contributed by atoms with Gasteiger partial charge < -0.3 is 4.74 Å². The van der Waals surface area contributed by atoms with E-state index in [4.69, 9.17) is 4.74 Å². The van der Waals surface area contributed by atoms with Crippen molar-refractivity contribution in [2.45, 2.75) is 19.8 Å². The second kappa shape index (κ2) is 3.40. The van der Waals surface area contributed by atoms with E-state index in [0.29, 0.717) is 0 Å². The molecule has 2 heteroatoms. The molecule has 1 rings (SSSR count). The average molecular weight is 139 g/mol. The predicted molar refractivity (Wildman–Crippen MR) is 42.0 cm³/mol. The van der Waals surface area contributed by atoms with Crippen molar-refractivity contribution in [3.63, 3.8) is 0 Å². The first-order valence-corrected chi connectivity index (χ1v) is 3.61. The Kier molecular flexibility index (Phi) is 2.49. The van der Waals surface area contributed by atoms with Gasteiger partial charge in [0.1, 0.15) is 0 Å². The number of aliphatic imine (C=N–C) groups is 1. The van der Waals surface area contributed by atoms with Crippen molar-refractivity contribution in [3.8, 4) is 0 Å². The largest absolute Gasteiger partial charge is 0.481 e. The van der Waals surface area contributed by atoms with Crippen LogP contribution in [0.25, 0.3) is 0 Å². The molecule has 1 fully saturated rings. The molecule has 0 aliphatic heterocycles. The zero-order chi connectivity index (χ0) is 7.40. The zero-order valence-corrected chi connectivity index (χ0v) is 6.34. The monoisotopic (exact) mass is 139 g/mol. The van der Waals surface area contributed by atoms with Crippen molar-refractivity contribution in [1.29, 1.82) is 0 Å². The maximum absolute atomic E-state index is 5.29. The quantitative estimate of drug-likeness (QED) is 0.432. The van der Waals surface area contributed by atoms with Crippen LogP contribution in [-0.4, -0.2) is 12.5 Å². The summed E-state index contributed by atoms with van der Waals surface area (Å²) in [4.78, 5) is 3.88. The molecule has 0 amide bonds. The van der Waals surface area contributed by atoms with E-state index in [1.807, 2.05) is 6.92 Å². The van der Waals surface area contributed by atoms with Gasteiger partial charge in [0.2, 0.25) is 0 Å². The first-order chi connectivity index (χ1) is 4.83. The van der Waals surface area contributed by atoms with Crippen LogP contribution in [0.15, 0.2) is 17.8 Å². The highest BCUT2D eigenvalue weighted by Crippen LogP contribution is 2.28. The fourth-order valence-corrected chi connectivity index (χ4v) is 0.689. The maximum atomic E-state index is 5.29. The summed E-state index contributed by atoms with van der Waals surface area (Å²) in [7, 11) is 0. The highest BCUT2D eigenvalue weighted by atomic mass is 16.5. The minimum absolute atomic E-state index is 0.724. The lowest BCUT2D eigenvalue weighted by molar-refractivity contribution is 0.284. The number of hydrogen-bond donors (Lipinski definition) is 0. The highest BCUT2D eigenvalue weighted by Gasteiger charge is 2.21. The van der Waals surface area contributed by atoms with Crippen LogP contribution in [0.2, 0.25) is 0 Å². The van der Waals surface area contributed by atoms with Gasteiger partial charge in [-0.15, -0.1) is 0 Å². The minimum atomic E-state index is 0.724. The first-order valence-electron chi connectivity index (χ1n) is 3.61. The molecule has 0 heterocycles. The zero-order valence-electron chi connectivity index (χ0n) is 6.34. The number of rotatable bonds is 3. The van der Waals surface area contributed by atoms with Gasteiger partial charge in [-0.1, -0.05) is 6.58 Å². The van der Waals surface area contributed by atoms with E-state index in [9.17, 15) is 0 Å². The third-order valence-corrected chi connectivity index (χ3v) is 1.50. The fraction of sp³-hybridized carbons (Fsp3) is 0.625. The van der Waals surface area contributed by atoms with Crippen LogP contribution >= 0.6 is 0 Å². The Morgan fingerprint density at radius 3 is 3.00 bits per heavy atom. The van der Waals surface area contributed by atoms with Gasteiger partial charge in [-0.2, -0.15) is 0 Å². The van der Waals surface area contributed by atoms with E-state index in [1.165, 1.54) is 19.0 Å². The Morgan fingerprint density at radius 2 is 2.50 bits per heavy atom. The Hall–Kier alpha value is -0.790. The van der Waals surface area contributed by atoms with Crippen LogP contribution in [0.3, 0.4) is 0 Å². The molecule has 0 aromatic carbocycles. The van der Waals surface area contributed by atoms with E-state index in [-0.39, 0.29) is 0 Å². The van der Waals surface area contributed by atoms with Gasteiger partial charge >= 0.3 is 0 Å². The molecule has 0 spiro atoms. The minimum Gasteiger partial charge on any atom is -0.481 e. The second-order valence-electron chi connectivity index (χ2n) is 2.59. The van der Waals surface area contributed by atoms with E-state index >= 15 is 0 Å². The number of hydrogen-bond acceptors (Lipinski definition) is 2. The lowest BCUT2D eigenvalue weighted by Crippen LogP contribution is -2.01. The molecule has 0 N–H and O–H groups in total. The summed E-state index contributed by atoms with van der Waals surface area (Å²) in [6.07, 6.45) is 4.14. The van der Waals surface area contributed by atoms with E-state index in [1.54, 1.807) is 0 Å². The first kappa shape index (κ1) is 7.32. The molecule has 0 aromatic heterocycles. The number of ether oxygens (including phenoxy) is 1. The molecule has 1 aliphatic carbocycles.